The van der Waals surface area contributed by atoms with Crippen LogP contribution in [0.15, 0.2) is 54.6 Å². The Kier molecular flexibility index (Phi) is 9.80. The van der Waals surface area contributed by atoms with Gasteiger partial charge < -0.3 is 24.4 Å². The van der Waals surface area contributed by atoms with Crippen molar-refractivity contribution in [3.63, 3.8) is 0 Å². The predicted octanol–water partition coefficient (Wildman–Crippen LogP) is 7.01. The van der Waals surface area contributed by atoms with Gasteiger partial charge in [0, 0.05) is 37.1 Å². The normalized spacial score (nSPS) is 15.1. The monoisotopic (exact) mass is 652 g/mol. The molecular formula is C39H48N4O5. The second-order valence-electron chi connectivity index (χ2n) is 14.1. The van der Waals surface area contributed by atoms with Crippen LogP contribution in [0.5, 0.6) is 11.5 Å². The van der Waals surface area contributed by atoms with E-state index in [1.165, 1.54) is 24.8 Å². The van der Waals surface area contributed by atoms with Gasteiger partial charge in [0.25, 0.3) is 5.91 Å². The van der Waals surface area contributed by atoms with Crippen molar-refractivity contribution in [2.24, 2.45) is 0 Å². The number of likely N-dealkylation sites (N-methyl/N-ethyl adjacent to an activating group) is 1. The minimum atomic E-state index is -0.684. The molecule has 1 N–H and O–H groups in total. The van der Waals surface area contributed by atoms with Crippen LogP contribution in [0.2, 0.25) is 0 Å². The SMILES string of the molecule is COc1ccc(CCN(C)Cc2cc3c(c(-c4cc5cc(CN6CCCCC6)ccc5n4C(=O)OC(C)(C)C)c2)C(=O)NC3)cc1OC. The molecule has 0 radical (unpaired) electrons. The number of carbonyl (C=O) groups excluding carboxylic acids is 2. The van der Waals surface area contributed by atoms with Gasteiger partial charge in [0.05, 0.1) is 31.0 Å². The van der Waals surface area contributed by atoms with Gasteiger partial charge in [-0.1, -0.05) is 24.6 Å². The zero-order valence-electron chi connectivity index (χ0n) is 29.2. The van der Waals surface area contributed by atoms with Crippen molar-refractivity contribution >= 4 is 22.9 Å². The van der Waals surface area contributed by atoms with Gasteiger partial charge in [-0.3, -0.25) is 9.69 Å². The van der Waals surface area contributed by atoms with Gasteiger partial charge in [0.2, 0.25) is 0 Å². The summed E-state index contributed by atoms with van der Waals surface area (Å²) < 4.78 is 18.5. The van der Waals surface area contributed by atoms with Crippen molar-refractivity contribution in [3.8, 4) is 22.8 Å². The van der Waals surface area contributed by atoms with E-state index in [1.54, 1.807) is 18.8 Å². The number of carbonyl (C=O) groups is 2. The highest BCUT2D eigenvalue weighted by atomic mass is 16.6. The minimum absolute atomic E-state index is 0.125. The Hall–Kier alpha value is -4.34. The molecule has 1 amide bonds. The predicted molar refractivity (Wildman–Crippen MR) is 189 cm³/mol. The first-order valence-corrected chi connectivity index (χ1v) is 17.0. The van der Waals surface area contributed by atoms with Crippen LogP contribution in [0.3, 0.4) is 0 Å². The van der Waals surface area contributed by atoms with E-state index in [2.05, 4.69) is 52.5 Å². The maximum absolute atomic E-state index is 13.9. The molecule has 4 aromatic rings. The molecule has 1 fully saturated rings. The van der Waals surface area contributed by atoms with Crippen LogP contribution < -0.4 is 14.8 Å². The molecule has 48 heavy (non-hydrogen) atoms. The number of fused-ring (bicyclic) bond motifs is 2. The average Bonchev–Trinajstić information content (AvgIpc) is 3.63. The third-order valence-corrected chi connectivity index (χ3v) is 9.20. The Morgan fingerprint density at radius 2 is 1.65 bits per heavy atom. The highest BCUT2D eigenvalue weighted by Crippen LogP contribution is 2.36. The molecule has 2 aliphatic heterocycles. The molecular weight excluding hydrogens is 604 g/mol. The number of nitrogens with one attached hydrogen (secondary N) is 1. The molecule has 6 rings (SSSR count). The number of piperidine rings is 1. The number of hydrogen-bond donors (Lipinski definition) is 1. The molecule has 9 heteroatoms. The van der Waals surface area contributed by atoms with Gasteiger partial charge in [0.1, 0.15) is 5.60 Å². The fraction of sp³-hybridized carbons (Fsp3) is 0.436. The van der Waals surface area contributed by atoms with Gasteiger partial charge in [0.15, 0.2) is 11.5 Å². The van der Waals surface area contributed by atoms with E-state index in [1.807, 2.05) is 45.0 Å². The Morgan fingerprint density at radius 3 is 2.38 bits per heavy atom. The van der Waals surface area contributed by atoms with Crippen molar-refractivity contribution in [1.82, 2.24) is 19.7 Å². The number of hydrogen-bond acceptors (Lipinski definition) is 7. The fourth-order valence-electron chi connectivity index (χ4n) is 6.92. The van der Waals surface area contributed by atoms with Gasteiger partial charge >= 0.3 is 6.09 Å². The van der Waals surface area contributed by atoms with Crippen molar-refractivity contribution in [2.75, 3.05) is 40.9 Å². The zero-order chi connectivity index (χ0) is 34.0. The van der Waals surface area contributed by atoms with Crippen LogP contribution in [-0.2, 0) is 30.8 Å². The summed E-state index contributed by atoms with van der Waals surface area (Å²) in [5, 5.41) is 3.97. The molecule has 0 spiro atoms. The van der Waals surface area contributed by atoms with E-state index in [0.717, 1.165) is 71.5 Å². The standard InChI is InChI=1S/C39H48N4O5/c1-39(2,3)48-38(45)43-32-12-10-27(25-42-15-8-7-9-16-42)18-29(32)22-33(43)31-20-28(19-30-23-40-37(44)36(30)31)24-41(4)17-14-26-11-13-34(46-5)35(21-26)47-6/h10-13,18-22H,7-9,14-17,23-25H2,1-6H3,(H,40,44). The topological polar surface area (TPSA) is 85.3 Å². The molecule has 3 heterocycles. The Labute approximate surface area is 283 Å². The molecule has 0 saturated carbocycles. The van der Waals surface area contributed by atoms with Crippen LogP contribution in [0.25, 0.3) is 22.2 Å². The van der Waals surface area contributed by atoms with Crippen LogP contribution in [-0.4, -0.2) is 72.9 Å². The quantitative estimate of drug-likeness (QED) is 0.197. The summed E-state index contributed by atoms with van der Waals surface area (Å²) in [6.07, 6.45) is 4.14. The summed E-state index contributed by atoms with van der Waals surface area (Å²) >= 11 is 0. The maximum Gasteiger partial charge on any atom is 0.419 e. The first kappa shape index (κ1) is 33.6. The van der Waals surface area contributed by atoms with Gasteiger partial charge in [-0.15, -0.1) is 0 Å². The Balaban J connectivity index is 1.34. The molecule has 0 bridgehead atoms. The van der Waals surface area contributed by atoms with Crippen LogP contribution in [0, 0.1) is 0 Å². The summed E-state index contributed by atoms with van der Waals surface area (Å²) in [5.74, 6) is 1.31. The Bertz CT molecular complexity index is 1820. The largest absolute Gasteiger partial charge is 0.493 e. The second kappa shape index (κ2) is 14.0. The first-order chi connectivity index (χ1) is 23.0. The highest BCUT2D eigenvalue weighted by Gasteiger charge is 2.29. The second-order valence-corrected chi connectivity index (χ2v) is 14.1. The number of benzene rings is 3. The molecule has 0 atom stereocenters. The lowest BCUT2D eigenvalue weighted by molar-refractivity contribution is 0.0547. The third kappa shape index (κ3) is 7.37. The number of rotatable bonds is 10. The zero-order valence-corrected chi connectivity index (χ0v) is 29.2. The molecule has 3 aromatic carbocycles. The van der Waals surface area contributed by atoms with E-state index in [9.17, 15) is 9.59 Å². The van der Waals surface area contributed by atoms with Crippen LogP contribution in [0.1, 0.15) is 72.6 Å². The lowest BCUT2D eigenvalue weighted by atomic mass is 9.96. The van der Waals surface area contributed by atoms with Gasteiger partial charge in [-0.2, -0.15) is 0 Å². The number of aromatic nitrogens is 1. The van der Waals surface area contributed by atoms with E-state index in [0.29, 0.717) is 30.1 Å². The average molecular weight is 653 g/mol. The molecule has 9 nitrogen and oxygen atoms in total. The van der Waals surface area contributed by atoms with Gasteiger partial charge in [-0.05, 0) is 119 Å². The minimum Gasteiger partial charge on any atom is -0.493 e. The first-order valence-electron chi connectivity index (χ1n) is 17.0. The van der Waals surface area contributed by atoms with E-state index >= 15 is 0 Å². The molecule has 0 unspecified atom stereocenters. The fourth-order valence-corrected chi connectivity index (χ4v) is 6.92. The van der Waals surface area contributed by atoms with Crippen molar-refractivity contribution in [3.05, 3.63) is 82.4 Å². The van der Waals surface area contributed by atoms with Crippen LogP contribution in [0.4, 0.5) is 4.79 Å². The third-order valence-electron chi connectivity index (χ3n) is 9.20. The summed E-state index contributed by atoms with van der Waals surface area (Å²) in [7, 11) is 5.38. The number of amides is 1. The lowest BCUT2D eigenvalue weighted by Gasteiger charge is -2.26. The maximum atomic E-state index is 13.9. The molecule has 0 aliphatic carbocycles. The van der Waals surface area contributed by atoms with Crippen molar-refractivity contribution in [2.45, 2.75) is 71.7 Å². The molecule has 254 valence electrons. The Morgan fingerprint density at radius 1 is 0.896 bits per heavy atom. The summed E-state index contributed by atoms with van der Waals surface area (Å²) in [5.41, 5.74) is 6.49. The summed E-state index contributed by atoms with van der Waals surface area (Å²) in [6, 6.07) is 18.6. The molecule has 1 aromatic heterocycles. The number of ether oxygens (including phenoxy) is 3. The van der Waals surface area contributed by atoms with E-state index < -0.39 is 11.7 Å². The van der Waals surface area contributed by atoms with E-state index in [4.69, 9.17) is 14.2 Å². The molecule has 2 aliphatic rings. The highest BCUT2D eigenvalue weighted by molar-refractivity contribution is 6.07. The number of likely N-dealkylation sites (tertiary alicyclic amines) is 1. The smallest absolute Gasteiger partial charge is 0.419 e. The lowest BCUT2D eigenvalue weighted by Crippen LogP contribution is -2.29. The number of nitrogens with zero attached hydrogens (tertiary/aromatic N) is 3. The number of methoxy groups -OCH3 is 2. The molecule has 1 saturated heterocycles. The van der Waals surface area contributed by atoms with Crippen LogP contribution >= 0.6 is 0 Å². The van der Waals surface area contributed by atoms with Crippen molar-refractivity contribution < 1.29 is 23.8 Å². The van der Waals surface area contributed by atoms with Gasteiger partial charge in [-0.25, -0.2) is 9.36 Å². The van der Waals surface area contributed by atoms with Crippen molar-refractivity contribution in [1.29, 1.82) is 0 Å². The summed E-state index contributed by atoms with van der Waals surface area (Å²) in [4.78, 5) is 31.9. The summed E-state index contributed by atoms with van der Waals surface area (Å²) in [6.45, 7) is 10.7. The van der Waals surface area contributed by atoms with E-state index in [-0.39, 0.29) is 5.91 Å².